The molecule has 4 amide bonds. The molecule has 0 unspecified atom stereocenters. The number of anilines is 2. The third kappa shape index (κ3) is 15.5. The summed E-state index contributed by atoms with van der Waals surface area (Å²) in [5.74, 6) is -4.78. The number of oxime groups is 2. The van der Waals surface area contributed by atoms with Gasteiger partial charge < -0.3 is 33.9 Å². The number of carbonyl (C=O) groups is 7. The van der Waals surface area contributed by atoms with Crippen molar-refractivity contribution >= 4 is 97.8 Å². The molecule has 0 saturated carbocycles. The second kappa shape index (κ2) is 26.5. The molecule has 8 rings (SSSR count). The van der Waals surface area contributed by atoms with Crippen molar-refractivity contribution in [1.29, 1.82) is 0 Å². The van der Waals surface area contributed by atoms with Gasteiger partial charge in [-0.15, -0.1) is 34.4 Å². The van der Waals surface area contributed by atoms with Crippen molar-refractivity contribution in [2.24, 2.45) is 10.3 Å². The molecule has 424 valence electrons. The maximum Gasteiger partial charge on any atom is 0.413 e. The van der Waals surface area contributed by atoms with Crippen molar-refractivity contribution < 1.29 is 62.2 Å². The van der Waals surface area contributed by atoms with Gasteiger partial charge in [0.15, 0.2) is 33.9 Å². The van der Waals surface area contributed by atoms with Crippen molar-refractivity contribution in [2.45, 2.75) is 76.4 Å². The lowest BCUT2D eigenvalue weighted by molar-refractivity contribution is -0.160. The Morgan fingerprint density at radius 2 is 1.10 bits per heavy atom. The van der Waals surface area contributed by atoms with Gasteiger partial charge in [-0.25, -0.2) is 29.1 Å². The summed E-state index contributed by atoms with van der Waals surface area (Å²) in [6, 6.07) is 35.1. The second-order valence-corrected chi connectivity index (χ2v) is 22.7. The Kier molecular flexibility index (Phi) is 19.1. The van der Waals surface area contributed by atoms with Gasteiger partial charge in [-0.1, -0.05) is 144 Å². The van der Waals surface area contributed by atoms with Gasteiger partial charge in [0.1, 0.15) is 39.7 Å². The molecule has 0 bridgehead atoms. The summed E-state index contributed by atoms with van der Waals surface area (Å²) in [5, 5.41) is 17.6. The molecule has 4 aromatic carbocycles. The predicted molar refractivity (Wildman–Crippen MR) is 307 cm³/mol. The number of aromatic nitrogens is 2. The summed E-state index contributed by atoms with van der Waals surface area (Å²) in [5.41, 5.74) is 0.236. The van der Waals surface area contributed by atoms with Gasteiger partial charge in [0.2, 0.25) is 13.2 Å². The molecule has 82 heavy (non-hydrogen) atoms. The van der Waals surface area contributed by atoms with Gasteiger partial charge in [-0.3, -0.25) is 29.9 Å². The van der Waals surface area contributed by atoms with Crippen LogP contribution in [0.2, 0.25) is 0 Å². The average Bonchev–Trinajstić information content (AvgIpc) is 1.60. The number of nitrogens with zero attached hydrogens (tertiary/aromatic N) is 5. The Bertz CT molecular complexity index is 3340. The van der Waals surface area contributed by atoms with Crippen LogP contribution in [0.4, 0.5) is 15.1 Å². The number of hydrogen-bond donors (Lipinski definition) is 3. The van der Waals surface area contributed by atoms with E-state index in [0.717, 1.165) is 22.7 Å². The maximum atomic E-state index is 14.5. The highest BCUT2D eigenvalue weighted by Gasteiger charge is 2.55. The molecule has 2 aliphatic heterocycles. The predicted octanol–water partition coefficient (Wildman–Crippen LogP) is 8.87. The highest BCUT2D eigenvalue weighted by Crippen LogP contribution is 2.42. The summed E-state index contributed by atoms with van der Waals surface area (Å²) < 4.78 is 22.7. The molecule has 4 heterocycles. The van der Waals surface area contributed by atoms with Crippen LogP contribution >= 0.6 is 34.4 Å². The third-order valence-electron chi connectivity index (χ3n) is 11.5. The van der Waals surface area contributed by atoms with Crippen molar-refractivity contribution in [3.05, 3.63) is 190 Å². The standard InChI is InChI=1S/C58H56N8O13S3/c1-8-34-31-80-52-45(51(71)66(52)46(34)53(72)77-48(37-25-17-11-18-26-37)38-27-19-12-20-28-38)61-49(69)43(64-74-29-41(67)76-47(35-21-13-9-14-22-35)36-23-15-10-16-24-36)39-32-81-54(59-39)62-50(70)44(65-75-30-42(68)78-57(2,3)4)40-33-82-55(60-40)63-56(73)79-58(5,6)7/h8-28,32-33,45,47-48,52H,1,29-31H2,2-7H3,(H,61,69)(H,59,62,70)(H,60,63,73)/b64-43-,65-44-/t45-,52-/m1/s1. The summed E-state index contributed by atoms with van der Waals surface area (Å²) in [6.45, 7) is 12.4. The number of thioether (sulfide) groups is 1. The first-order valence-electron chi connectivity index (χ1n) is 25.3. The third-order valence-corrected chi connectivity index (χ3v) is 14.3. The minimum Gasteiger partial charge on any atom is -0.457 e. The lowest BCUT2D eigenvalue weighted by Crippen LogP contribution is -2.71. The largest absolute Gasteiger partial charge is 0.457 e. The molecular weight excluding hydrogens is 1110 g/mol. The zero-order chi connectivity index (χ0) is 58.6. The number of fused-ring (bicyclic) bond motifs is 1. The lowest BCUT2D eigenvalue weighted by atomic mass is 10.0. The van der Waals surface area contributed by atoms with Crippen molar-refractivity contribution in [2.75, 3.05) is 29.6 Å². The van der Waals surface area contributed by atoms with Gasteiger partial charge in [-0.05, 0) is 69.4 Å². The van der Waals surface area contributed by atoms with E-state index in [0.29, 0.717) is 27.8 Å². The van der Waals surface area contributed by atoms with E-state index in [9.17, 15) is 33.6 Å². The van der Waals surface area contributed by atoms with Gasteiger partial charge in [0.05, 0.1) is 0 Å². The highest BCUT2D eigenvalue weighted by atomic mass is 32.2. The second-order valence-electron chi connectivity index (χ2n) is 19.9. The van der Waals surface area contributed by atoms with Gasteiger partial charge >= 0.3 is 24.0 Å². The van der Waals surface area contributed by atoms with Crippen LogP contribution in [0, 0.1) is 0 Å². The van der Waals surface area contributed by atoms with E-state index < -0.39 is 101 Å². The number of esters is 3. The number of thiazole rings is 2. The topological polar surface area (TPSA) is 265 Å². The van der Waals surface area contributed by atoms with Crippen molar-refractivity contribution in [1.82, 2.24) is 20.2 Å². The number of benzene rings is 4. The average molecular weight is 1170 g/mol. The molecule has 1 fully saturated rings. The highest BCUT2D eigenvalue weighted by molar-refractivity contribution is 8.00. The Morgan fingerprint density at radius 3 is 1.57 bits per heavy atom. The van der Waals surface area contributed by atoms with E-state index in [1.807, 2.05) is 72.8 Å². The Balaban J connectivity index is 1.04. The van der Waals surface area contributed by atoms with E-state index in [1.165, 1.54) is 33.5 Å². The number of amides is 4. The monoisotopic (exact) mass is 1170 g/mol. The number of nitrogens with one attached hydrogen (secondary N) is 3. The molecule has 1 saturated heterocycles. The zero-order valence-corrected chi connectivity index (χ0v) is 47.6. The lowest BCUT2D eigenvalue weighted by Gasteiger charge is -2.49. The zero-order valence-electron chi connectivity index (χ0n) is 45.2. The first kappa shape index (κ1) is 59.1. The molecule has 3 N–H and O–H groups in total. The van der Waals surface area contributed by atoms with Gasteiger partial charge in [0.25, 0.3) is 17.7 Å². The van der Waals surface area contributed by atoms with E-state index in [1.54, 1.807) is 90.1 Å². The van der Waals surface area contributed by atoms with Crippen LogP contribution in [0.3, 0.4) is 0 Å². The van der Waals surface area contributed by atoms with Crippen molar-refractivity contribution in [3.63, 3.8) is 0 Å². The molecule has 2 atom stereocenters. The number of rotatable bonds is 21. The Hall–Kier alpha value is -9.00. The summed E-state index contributed by atoms with van der Waals surface area (Å²) in [6.07, 6.45) is -0.986. The quantitative estimate of drug-likeness (QED) is 0.0200. The van der Waals surface area contributed by atoms with E-state index in [-0.39, 0.29) is 33.1 Å². The molecule has 0 aliphatic carbocycles. The van der Waals surface area contributed by atoms with E-state index in [2.05, 4.69) is 42.8 Å². The molecule has 21 nitrogen and oxygen atoms in total. The molecule has 6 aromatic rings. The fourth-order valence-corrected chi connectivity index (χ4v) is 10.7. The smallest absolute Gasteiger partial charge is 0.413 e. The number of β-lactam (4-membered cyclic amide) rings is 1. The van der Waals surface area contributed by atoms with Gasteiger partial charge in [0, 0.05) is 16.5 Å². The normalized spacial score (nSPS) is 15.4. The number of carbonyl (C=O) groups excluding carboxylic acids is 7. The number of allylic oxidation sites excluding steroid dienone is 1. The molecule has 0 radical (unpaired) electrons. The van der Waals surface area contributed by atoms with Crippen molar-refractivity contribution in [3.8, 4) is 0 Å². The number of ether oxygens (including phenoxy) is 4. The van der Waals surface area contributed by atoms with Crippen LogP contribution in [-0.4, -0.2) is 110 Å². The van der Waals surface area contributed by atoms with Crippen LogP contribution in [0.1, 0.15) is 87.4 Å². The van der Waals surface area contributed by atoms with E-state index >= 15 is 0 Å². The minimum atomic E-state index is -1.22. The summed E-state index contributed by atoms with van der Waals surface area (Å²) in [4.78, 5) is 117. The van der Waals surface area contributed by atoms with Crippen LogP contribution in [0.25, 0.3) is 0 Å². The fourth-order valence-electron chi connectivity index (χ4n) is 8.00. The van der Waals surface area contributed by atoms with Crippen LogP contribution < -0.4 is 16.0 Å². The molecule has 2 aromatic heterocycles. The van der Waals surface area contributed by atoms with Crippen LogP contribution in [-0.2, 0) is 57.4 Å². The first-order chi connectivity index (χ1) is 39.2. The maximum absolute atomic E-state index is 14.5. The first-order valence-corrected chi connectivity index (χ1v) is 28.1. The van der Waals surface area contributed by atoms with Crippen LogP contribution in [0.15, 0.2) is 166 Å². The molecular formula is C58H56N8O13S3. The number of hydrogen-bond acceptors (Lipinski definition) is 20. The van der Waals surface area contributed by atoms with Crippen LogP contribution in [0.5, 0.6) is 0 Å². The summed E-state index contributed by atoms with van der Waals surface area (Å²) in [7, 11) is 0. The fraction of sp³-hybridized carbons (Fsp3) is 0.259. The van der Waals surface area contributed by atoms with E-state index in [4.69, 9.17) is 28.6 Å². The molecule has 24 heteroatoms. The molecule has 2 aliphatic rings. The Morgan fingerprint density at radius 1 is 0.646 bits per heavy atom. The Labute approximate surface area is 483 Å². The molecule has 0 spiro atoms. The minimum absolute atomic E-state index is 0.0302. The SMILES string of the molecule is C=CC1=C(C(=O)OC(c2ccccc2)c2ccccc2)N2C(=O)[C@@H](NC(=O)/C(=N\OCC(=O)OC(c3ccccc3)c3ccccc3)c3csc(NC(=O)/C(=N\OCC(=O)OC(C)(C)C)c4csc(NC(=O)OC(C)(C)C)n4)n3)[C@H]2SC1. The van der Waals surface area contributed by atoms with Gasteiger partial charge in [-0.2, -0.15) is 0 Å². The summed E-state index contributed by atoms with van der Waals surface area (Å²) >= 11 is 3.05.